The highest BCUT2D eigenvalue weighted by atomic mass is 16.5. The average molecular weight is 280 g/mol. The summed E-state index contributed by atoms with van der Waals surface area (Å²) >= 11 is 0. The van der Waals surface area contributed by atoms with Gasteiger partial charge in [-0.05, 0) is 37.9 Å². The SMILES string of the molecule is COc1cc(C)c(NC(=O)C(C)CCCN)cc1OC. The lowest BCUT2D eigenvalue weighted by molar-refractivity contribution is -0.119. The van der Waals surface area contributed by atoms with Gasteiger partial charge in [-0.15, -0.1) is 0 Å². The number of nitrogens with one attached hydrogen (secondary N) is 1. The van der Waals surface area contributed by atoms with Crippen molar-refractivity contribution in [3.05, 3.63) is 17.7 Å². The van der Waals surface area contributed by atoms with Crippen LogP contribution in [0.1, 0.15) is 25.3 Å². The summed E-state index contributed by atoms with van der Waals surface area (Å²) < 4.78 is 10.5. The monoisotopic (exact) mass is 280 g/mol. The average Bonchev–Trinajstić information content (AvgIpc) is 2.45. The van der Waals surface area contributed by atoms with E-state index in [9.17, 15) is 4.79 Å². The van der Waals surface area contributed by atoms with Gasteiger partial charge in [0.15, 0.2) is 11.5 Å². The Balaban J connectivity index is 2.84. The summed E-state index contributed by atoms with van der Waals surface area (Å²) in [5.41, 5.74) is 7.14. The number of carbonyl (C=O) groups is 1. The minimum Gasteiger partial charge on any atom is -0.493 e. The zero-order chi connectivity index (χ0) is 15.1. The summed E-state index contributed by atoms with van der Waals surface area (Å²) in [5.74, 6) is 1.18. The fourth-order valence-electron chi connectivity index (χ4n) is 1.93. The largest absolute Gasteiger partial charge is 0.493 e. The number of benzene rings is 1. The minimum atomic E-state index is -0.0638. The lowest BCUT2D eigenvalue weighted by Gasteiger charge is -2.16. The maximum absolute atomic E-state index is 12.1. The summed E-state index contributed by atoms with van der Waals surface area (Å²) in [7, 11) is 3.16. The maximum Gasteiger partial charge on any atom is 0.227 e. The molecule has 1 rings (SSSR count). The van der Waals surface area contributed by atoms with Gasteiger partial charge in [-0.25, -0.2) is 0 Å². The number of methoxy groups -OCH3 is 2. The number of aryl methyl sites for hydroxylation is 1. The molecule has 112 valence electrons. The van der Waals surface area contributed by atoms with E-state index in [4.69, 9.17) is 15.2 Å². The smallest absolute Gasteiger partial charge is 0.227 e. The number of hydrogen-bond acceptors (Lipinski definition) is 4. The molecule has 5 heteroatoms. The first-order valence-corrected chi connectivity index (χ1v) is 6.77. The first-order valence-electron chi connectivity index (χ1n) is 6.77. The number of anilines is 1. The Hall–Kier alpha value is -1.75. The van der Waals surface area contributed by atoms with Crippen LogP contribution in [0.2, 0.25) is 0 Å². The molecule has 0 aliphatic carbocycles. The predicted octanol–water partition coefficient (Wildman–Crippen LogP) is 2.33. The second kappa shape index (κ2) is 7.75. The van der Waals surface area contributed by atoms with Crippen molar-refractivity contribution in [2.24, 2.45) is 11.7 Å². The topological polar surface area (TPSA) is 73.6 Å². The molecule has 0 aromatic heterocycles. The molecule has 0 bridgehead atoms. The van der Waals surface area contributed by atoms with Gasteiger partial charge in [0.05, 0.1) is 14.2 Å². The van der Waals surface area contributed by atoms with Crippen molar-refractivity contribution >= 4 is 11.6 Å². The molecular weight excluding hydrogens is 256 g/mol. The van der Waals surface area contributed by atoms with E-state index in [1.54, 1.807) is 20.3 Å². The third-order valence-electron chi connectivity index (χ3n) is 3.28. The zero-order valence-electron chi connectivity index (χ0n) is 12.7. The first kappa shape index (κ1) is 16.3. The summed E-state index contributed by atoms with van der Waals surface area (Å²) in [6.07, 6.45) is 1.63. The van der Waals surface area contributed by atoms with Gasteiger partial charge in [0, 0.05) is 17.7 Å². The van der Waals surface area contributed by atoms with E-state index in [1.165, 1.54) is 0 Å². The lowest BCUT2D eigenvalue weighted by atomic mass is 10.0. The molecule has 1 unspecified atom stereocenters. The number of rotatable bonds is 7. The fourth-order valence-corrected chi connectivity index (χ4v) is 1.93. The van der Waals surface area contributed by atoms with Crippen LogP contribution in [0.4, 0.5) is 5.69 Å². The molecule has 0 aliphatic rings. The van der Waals surface area contributed by atoms with Crippen LogP contribution in [0.25, 0.3) is 0 Å². The predicted molar refractivity (Wildman–Crippen MR) is 80.4 cm³/mol. The van der Waals surface area contributed by atoms with E-state index in [0.29, 0.717) is 18.0 Å². The second-order valence-corrected chi connectivity index (χ2v) is 4.84. The normalized spacial score (nSPS) is 11.8. The molecule has 20 heavy (non-hydrogen) atoms. The Bertz CT molecular complexity index is 461. The van der Waals surface area contributed by atoms with Gasteiger partial charge in [0.2, 0.25) is 5.91 Å². The third-order valence-corrected chi connectivity index (χ3v) is 3.28. The number of nitrogens with two attached hydrogens (primary N) is 1. The number of carbonyl (C=O) groups excluding carboxylic acids is 1. The molecule has 3 N–H and O–H groups in total. The Morgan fingerprint density at radius 3 is 2.45 bits per heavy atom. The highest BCUT2D eigenvalue weighted by Gasteiger charge is 2.15. The molecule has 0 saturated heterocycles. The molecule has 1 amide bonds. The maximum atomic E-state index is 12.1. The molecule has 1 aromatic rings. The van der Waals surface area contributed by atoms with Gasteiger partial charge in [0.1, 0.15) is 0 Å². The molecule has 0 spiro atoms. The number of ether oxygens (including phenoxy) is 2. The van der Waals surface area contributed by atoms with Gasteiger partial charge in [-0.1, -0.05) is 6.92 Å². The van der Waals surface area contributed by atoms with E-state index in [1.807, 2.05) is 19.9 Å². The third kappa shape index (κ3) is 4.13. The summed E-state index contributed by atoms with van der Waals surface area (Å²) in [6, 6.07) is 3.63. The highest BCUT2D eigenvalue weighted by Crippen LogP contribution is 2.33. The van der Waals surface area contributed by atoms with E-state index in [0.717, 1.165) is 24.1 Å². The quantitative estimate of drug-likeness (QED) is 0.804. The van der Waals surface area contributed by atoms with Crippen LogP contribution in [0.5, 0.6) is 11.5 Å². The van der Waals surface area contributed by atoms with E-state index >= 15 is 0 Å². The van der Waals surface area contributed by atoms with Gasteiger partial charge in [-0.3, -0.25) is 4.79 Å². The molecule has 0 heterocycles. The Labute approximate surface area is 120 Å². The Morgan fingerprint density at radius 1 is 1.30 bits per heavy atom. The van der Waals surface area contributed by atoms with Crippen molar-refractivity contribution in [2.45, 2.75) is 26.7 Å². The van der Waals surface area contributed by atoms with Gasteiger partial charge in [-0.2, -0.15) is 0 Å². The summed E-state index contributed by atoms with van der Waals surface area (Å²) in [4.78, 5) is 12.1. The van der Waals surface area contributed by atoms with Crippen LogP contribution < -0.4 is 20.5 Å². The number of hydrogen-bond donors (Lipinski definition) is 2. The van der Waals surface area contributed by atoms with Crippen LogP contribution in [-0.4, -0.2) is 26.7 Å². The van der Waals surface area contributed by atoms with E-state index in [2.05, 4.69) is 5.32 Å². The molecule has 0 aliphatic heterocycles. The van der Waals surface area contributed by atoms with Crippen LogP contribution in [-0.2, 0) is 4.79 Å². The van der Waals surface area contributed by atoms with Crippen LogP contribution in [0, 0.1) is 12.8 Å². The van der Waals surface area contributed by atoms with Crippen molar-refractivity contribution < 1.29 is 14.3 Å². The van der Waals surface area contributed by atoms with E-state index < -0.39 is 0 Å². The first-order chi connectivity index (χ1) is 9.53. The minimum absolute atomic E-state index is 0.00577. The number of amides is 1. The lowest BCUT2D eigenvalue weighted by Crippen LogP contribution is -2.21. The summed E-state index contributed by atoms with van der Waals surface area (Å²) in [5, 5.41) is 2.93. The zero-order valence-corrected chi connectivity index (χ0v) is 12.7. The van der Waals surface area contributed by atoms with Gasteiger partial charge in [0.25, 0.3) is 0 Å². The van der Waals surface area contributed by atoms with Crippen LogP contribution in [0.3, 0.4) is 0 Å². The fraction of sp³-hybridized carbons (Fsp3) is 0.533. The Morgan fingerprint density at radius 2 is 1.90 bits per heavy atom. The molecule has 1 atom stereocenters. The van der Waals surface area contributed by atoms with Crippen molar-refractivity contribution in [2.75, 3.05) is 26.1 Å². The Kier molecular flexibility index (Phi) is 6.31. The van der Waals surface area contributed by atoms with E-state index in [-0.39, 0.29) is 11.8 Å². The molecule has 5 nitrogen and oxygen atoms in total. The van der Waals surface area contributed by atoms with Crippen molar-refractivity contribution in [1.29, 1.82) is 0 Å². The molecule has 1 aromatic carbocycles. The van der Waals surface area contributed by atoms with Gasteiger partial charge >= 0.3 is 0 Å². The summed E-state index contributed by atoms with van der Waals surface area (Å²) in [6.45, 7) is 4.43. The van der Waals surface area contributed by atoms with Gasteiger partial charge < -0.3 is 20.5 Å². The standard InChI is InChI=1S/C15H24N2O3/c1-10(6-5-7-16)15(18)17-12-9-14(20-4)13(19-3)8-11(12)2/h8-10H,5-7,16H2,1-4H3,(H,17,18). The molecule has 0 saturated carbocycles. The molecular formula is C15H24N2O3. The second-order valence-electron chi connectivity index (χ2n) is 4.84. The van der Waals surface area contributed by atoms with Crippen molar-refractivity contribution in [1.82, 2.24) is 0 Å². The highest BCUT2D eigenvalue weighted by molar-refractivity contribution is 5.93. The molecule has 0 fully saturated rings. The molecule has 0 radical (unpaired) electrons. The van der Waals surface area contributed by atoms with Crippen LogP contribution in [0.15, 0.2) is 12.1 Å². The van der Waals surface area contributed by atoms with Crippen molar-refractivity contribution in [3.8, 4) is 11.5 Å². The van der Waals surface area contributed by atoms with Crippen molar-refractivity contribution in [3.63, 3.8) is 0 Å². The van der Waals surface area contributed by atoms with Crippen LogP contribution >= 0.6 is 0 Å².